The summed E-state index contributed by atoms with van der Waals surface area (Å²) in [6.45, 7) is 1.68. The molecule has 0 unspecified atom stereocenters. The van der Waals surface area contributed by atoms with E-state index in [1.165, 1.54) is 7.05 Å². The summed E-state index contributed by atoms with van der Waals surface area (Å²) >= 11 is 0. The fourth-order valence-corrected chi connectivity index (χ4v) is 2.16. The van der Waals surface area contributed by atoms with E-state index >= 15 is 0 Å². The Morgan fingerprint density at radius 3 is 2.28 bits per heavy atom. The van der Waals surface area contributed by atoms with E-state index in [9.17, 15) is 14.4 Å². The van der Waals surface area contributed by atoms with Gasteiger partial charge in [-0.1, -0.05) is 24.3 Å². The van der Waals surface area contributed by atoms with E-state index in [2.05, 4.69) is 21.3 Å². The Hall–Kier alpha value is -3.35. The molecule has 0 aliphatic heterocycles. The molecule has 0 saturated carbocycles. The second-order valence-electron chi connectivity index (χ2n) is 5.33. The van der Waals surface area contributed by atoms with Crippen LogP contribution in [0.25, 0.3) is 0 Å². The molecule has 0 fully saturated rings. The zero-order valence-corrected chi connectivity index (χ0v) is 14.1. The molecule has 0 atom stereocenters. The molecule has 0 aliphatic rings. The molecule has 7 heteroatoms. The first kappa shape index (κ1) is 18.0. The Balaban J connectivity index is 1.90. The van der Waals surface area contributed by atoms with E-state index in [4.69, 9.17) is 0 Å². The molecule has 0 aliphatic carbocycles. The summed E-state index contributed by atoms with van der Waals surface area (Å²) in [5, 5.41) is 10.3. The fourth-order valence-electron chi connectivity index (χ4n) is 2.16. The Kier molecular flexibility index (Phi) is 6.11. The first-order valence-corrected chi connectivity index (χ1v) is 7.72. The van der Waals surface area contributed by atoms with Crippen molar-refractivity contribution in [2.45, 2.75) is 6.92 Å². The van der Waals surface area contributed by atoms with Crippen LogP contribution in [-0.2, 0) is 4.79 Å². The Labute approximate surface area is 145 Å². The highest BCUT2D eigenvalue weighted by atomic mass is 16.2. The van der Waals surface area contributed by atoms with E-state index < -0.39 is 0 Å². The van der Waals surface area contributed by atoms with E-state index in [1.807, 2.05) is 19.1 Å². The largest absolute Gasteiger partial charge is 0.343 e. The molecule has 0 aromatic heterocycles. The number of anilines is 2. The molecule has 0 radical (unpaired) electrons. The van der Waals surface area contributed by atoms with Gasteiger partial charge in [-0.05, 0) is 36.8 Å². The topological polar surface area (TPSA) is 99.3 Å². The van der Waals surface area contributed by atoms with E-state index in [0.29, 0.717) is 16.9 Å². The van der Waals surface area contributed by atoms with Crippen LogP contribution in [0.2, 0.25) is 0 Å². The molecule has 7 nitrogen and oxygen atoms in total. The zero-order valence-electron chi connectivity index (χ0n) is 14.1. The lowest BCUT2D eigenvalue weighted by Gasteiger charge is -2.10. The van der Waals surface area contributed by atoms with Crippen molar-refractivity contribution in [3.63, 3.8) is 0 Å². The number of urea groups is 1. The normalized spacial score (nSPS) is 9.84. The lowest BCUT2D eigenvalue weighted by Crippen LogP contribution is -2.33. The molecule has 25 heavy (non-hydrogen) atoms. The van der Waals surface area contributed by atoms with Crippen molar-refractivity contribution in [3.05, 3.63) is 59.7 Å². The molecular formula is C18H20N4O3. The van der Waals surface area contributed by atoms with Crippen LogP contribution < -0.4 is 21.3 Å². The minimum absolute atomic E-state index is 0.153. The summed E-state index contributed by atoms with van der Waals surface area (Å²) in [6.07, 6.45) is 0. The van der Waals surface area contributed by atoms with Gasteiger partial charge in [0.15, 0.2) is 0 Å². The monoisotopic (exact) mass is 340 g/mol. The smallest absolute Gasteiger partial charge is 0.318 e. The maximum atomic E-state index is 12.1. The van der Waals surface area contributed by atoms with Crippen molar-refractivity contribution in [2.75, 3.05) is 24.2 Å². The number of rotatable bonds is 5. The first-order chi connectivity index (χ1) is 12.0. The Morgan fingerprint density at radius 2 is 1.60 bits per heavy atom. The van der Waals surface area contributed by atoms with E-state index in [1.54, 1.807) is 36.4 Å². The number of nitrogens with one attached hydrogen (secondary N) is 4. The molecular weight excluding hydrogens is 320 g/mol. The Morgan fingerprint density at radius 1 is 0.920 bits per heavy atom. The fraction of sp³-hybridized carbons (Fsp3) is 0.167. The highest BCUT2D eigenvalue weighted by Crippen LogP contribution is 2.14. The third-order valence-electron chi connectivity index (χ3n) is 3.43. The molecule has 0 bridgehead atoms. The highest BCUT2D eigenvalue weighted by molar-refractivity contribution is 6.00. The maximum Gasteiger partial charge on any atom is 0.318 e. The lowest BCUT2D eigenvalue weighted by molar-refractivity contribution is -0.115. The molecule has 0 spiro atoms. The van der Waals surface area contributed by atoms with Crippen LogP contribution in [-0.4, -0.2) is 31.4 Å². The third kappa shape index (κ3) is 5.35. The number of hydrogen-bond acceptors (Lipinski definition) is 3. The van der Waals surface area contributed by atoms with Crippen molar-refractivity contribution in [1.82, 2.24) is 10.6 Å². The van der Waals surface area contributed by atoms with Crippen molar-refractivity contribution in [2.24, 2.45) is 0 Å². The summed E-state index contributed by atoms with van der Waals surface area (Å²) in [5.41, 5.74) is 2.44. The summed E-state index contributed by atoms with van der Waals surface area (Å²) < 4.78 is 0. The van der Waals surface area contributed by atoms with Gasteiger partial charge in [-0.3, -0.25) is 9.59 Å². The van der Waals surface area contributed by atoms with Crippen LogP contribution >= 0.6 is 0 Å². The maximum absolute atomic E-state index is 12.1. The number of carbonyl (C=O) groups excluding carboxylic acids is 3. The third-order valence-corrected chi connectivity index (χ3v) is 3.43. The number of aryl methyl sites for hydroxylation is 1. The highest BCUT2D eigenvalue weighted by Gasteiger charge is 2.10. The second-order valence-corrected chi connectivity index (χ2v) is 5.33. The number of hydrogen-bond donors (Lipinski definition) is 4. The van der Waals surface area contributed by atoms with E-state index in [-0.39, 0.29) is 24.4 Å². The SMILES string of the molecule is CNC(=O)Nc1cccc(NC(=O)CNC(=O)c2ccccc2C)c1. The number of carbonyl (C=O) groups is 3. The minimum atomic E-state index is -0.362. The zero-order chi connectivity index (χ0) is 18.2. The van der Waals surface area contributed by atoms with Gasteiger partial charge in [0.25, 0.3) is 5.91 Å². The van der Waals surface area contributed by atoms with Crippen molar-refractivity contribution in [1.29, 1.82) is 0 Å². The van der Waals surface area contributed by atoms with Gasteiger partial charge in [0, 0.05) is 24.0 Å². The molecule has 2 aromatic rings. The van der Waals surface area contributed by atoms with Crippen molar-refractivity contribution >= 4 is 29.2 Å². The van der Waals surface area contributed by atoms with Crippen LogP contribution in [0.4, 0.5) is 16.2 Å². The van der Waals surface area contributed by atoms with Crippen LogP contribution in [0, 0.1) is 6.92 Å². The van der Waals surface area contributed by atoms with Gasteiger partial charge in [0.2, 0.25) is 5.91 Å². The lowest BCUT2D eigenvalue weighted by atomic mass is 10.1. The first-order valence-electron chi connectivity index (χ1n) is 7.72. The molecule has 130 valence electrons. The quantitative estimate of drug-likeness (QED) is 0.671. The summed E-state index contributed by atoms with van der Waals surface area (Å²) in [4.78, 5) is 35.4. The van der Waals surface area contributed by atoms with Gasteiger partial charge in [-0.15, -0.1) is 0 Å². The second kappa shape index (κ2) is 8.49. The molecule has 4 amide bonds. The van der Waals surface area contributed by atoms with Crippen molar-refractivity contribution < 1.29 is 14.4 Å². The van der Waals surface area contributed by atoms with Gasteiger partial charge < -0.3 is 21.3 Å². The number of amides is 4. The molecule has 2 rings (SSSR count). The van der Waals surface area contributed by atoms with Crippen LogP contribution in [0.1, 0.15) is 15.9 Å². The van der Waals surface area contributed by atoms with E-state index in [0.717, 1.165) is 5.56 Å². The average molecular weight is 340 g/mol. The molecule has 4 N–H and O–H groups in total. The van der Waals surface area contributed by atoms with Gasteiger partial charge in [0.1, 0.15) is 0 Å². The van der Waals surface area contributed by atoms with Gasteiger partial charge >= 0.3 is 6.03 Å². The van der Waals surface area contributed by atoms with Gasteiger partial charge in [-0.25, -0.2) is 4.79 Å². The predicted octanol–water partition coefficient (Wildman–Crippen LogP) is 2.11. The van der Waals surface area contributed by atoms with Gasteiger partial charge in [0.05, 0.1) is 6.54 Å². The van der Waals surface area contributed by atoms with Crippen LogP contribution in [0.15, 0.2) is 48.5 Å². The molecule has 0 heterocycles. The molecule has 2 aromatic carbocycles. The van der Waals surface area contributed by atoms with Crippen LogP contribution in [0.3, 0.4) is 0 Å². The minimum Gasteiger partial charge on any atom is -0.343 e. The summed E-state index contributed by atoms with van der Waals surface area (Å²) in [7, 11) is 1.51. The predicted molar refractivity (Wildman–Crippen MR) is 96.7 cm³/mol. The van der Waals surface area contributed by atoms with Crippen molar-refractivity contribution in [3.8, 4) is 0 Å². The van der Waals surface area contributed by atoms with Crippen LogP contribution in [0.5, 0.6) is 0 Å². The summed E-state index contributed by atoms with van der Waals surface area (Å²) in [5.74, 6) is -0.665. The Bertz CT molecular complexity index is 789. The van der Waals surface area contributed by atoms with Gasteiger partial charge in [-0.2, -0.15) is 0 Å². The molecule has 0 saturated heterocycles. The summed E-state index contributed by atoms with van der Waals surface area (Å²) in [6, 6.07) is 13.5. The average Bonchev–Trinajstić information content (AvgIpc) is 2.60. The standard InChI is InChI=1S/C18H20N4O3/c1-12-6-3-4-9-15(12)17(24)20-11-16(23)21-13-7-5-8-14(10-13)22-18(25)19-2/h3-10H,11H2,1-2H3,(H,20,24)(H,21,23)(H2,19,22,25). The number of benzene rings is 2.